The number of carbonyl (C=O) groups is 2. The molecule has 1 atom stereocenters. The van der Waals surface area contributed by atoms with Gasteiger partial charge in [0.15, 0.2) is 0 Å². The van der Waals surface area contributed by atoms with Crippen molar-refractivity contribution < 1.29 is 14.3 Å². The Bertz CT molecular complexity index is 611. The van der Waals surface area contributed by atoms with Crippen LogP contribution in [0.15, 0.2) is 24.3 Å². The summed E-state index contributed by atoms with van der Waals surface area (Å²) < 4.78 is 5.26. The zero-order chi connectivity index (χ0) is 17.6. The number of para-hydroxylation sites is 1. The highest BCUT2D eigenvalue weighted by Crippen LogP contribution is 2.15. The van der Waals surface area contributed by atoms with Gasteiger partial charge < -0.3 is 10.1 Å². The van der Waals surface area contributed by atoms with Gasteiger partial charge in [-0.3, -0.25) is 9.69 Å². The summed E-state index contributed by atoms with van der Waals surface area (Å²) in [7, 11) is 1.53. The molecule has 0 aliphatic heterocycles. The number of hydrogen-bond donors (Lipinski definition) is 1. The highest BCUT2D eigenvalue weighted by molar-refractivity contribution is 5.92. The lowest BCUT2D eigenvalue weighted by molar-refractivity contribution is -0.116. The maximum absolute atomic E-state index is 12.2. The zero-order valence-corrected chi connectivity index (χ0v) is 14.3. The number of nitrogens with zero attached hydrogens (tertiary/aromatic N) is 1. The van der Waals surface area contributed by atoms with Crippen molar-refractivity contribution in [2.75, 3.05) is 12.4 Å². The lowest BCUT2D eigenvalue weighted by atomic mass is 10.1. The minimum absolute atomic E-state index is 0.000573. The normalized spacial score (nSPS) is 12.0. The number of nitrogens with one attached hydrogen (secondary N) is 1. The van der Waals surface area contributed by atoms with Crippen LogP contribution in [0.1, 0.15) is 32.8 Å². The van der Waals surface area contributed by atoms with E-state index in [-0.39, 0.29) is 12.3 Å². The van der Waals surface area contributed by atoms with Gasteiger partial charge >= 0.3 is 6.09 Å². The van der Waals surface area contributed by atoms with E-state index in [0.717, 1.165) is 11.3 Å². The number of ether oxygens (including phenoxy) is 1. The van der Waals surface area contributed by atoms with E-state index in [1.54, 1.807) is 20.8 Å². The monoisotopic (exact) mass is 316 g/mol. The molecule has 0 saturated carbocycles. The van der Waals surface area contributed by atoms with E-state index in [4.69, 9.17) is 11.2 Å². The average molecular weight is 316 g/mol. The van der Waals surface area contributed by atoms with Crippen LogP contribution < -0.4 is 5.32 Å². The number of hydrogen-bond acceptors (Lipinski definition) is 3. The van der Waals surface area contributed by atoms with Crippen LogP contribution in [-0.2, 0) is 9.53 Å². The van der Waals surface area contributed by atoms with Crippen LogP contribution in [0.4, 0.5) is 10.5 Å². The standard InChI is InChI=1S/C18H24N2O3/c1-7-14(20(6)17(22)23-18(3,4)5)12-16(21)19-15-11-9-8-10-13(15)2/h1,8-11,14H,12H2,2-6H3,(H,19,21)/t14-/m1/s1. The summed E-state index contributed by atoms with van der Waals surface area (Å²) in [4.78, 5) is 25.5. The number of rotatable bonds is 4. The molecule has 0 heterocycles. The largest absolute Gasteiger partial charge is 0.444 e. The van der Waals surface area contributed by atoms with Crippen LogP contribution in [0.3, 0.4) is 0 Å². The third-order valence-electron chi connectivity index (χ3n) is 3.14. The van der Waals surface area contributed by atoms with Crippen molar-refractivity contribution in [3.05, 3.63) is 29.8 Å². The zero-order valence-electron chi connectivity index (χ0n) is 14.3. The number of terminal acetylenes is 1. The molecule has 0 aliphatic rings. The third kappa shape index (κ3) is 6.03. The number of amides is 2. The van der Waals surface area contributed by atoms with Gasteiger partial charge in [-0.2, -0.15) is 0 Å². The average Bonchev–Trinajstić information content (AvgIpc) is 2.44. The Labute approximate surface area is 138 Å². The summed E-state index contributed by atoms with van der Waals surface area (Å²) in [5, 5.41) is 2.80. The molecule has 0 spiro atoms. The van der Waals surface area contributed by atoms with Gasteiger partial charge in [-0.1, -0.05) is 24.1 Å². The summed E-state index contributed by atoms with van der Waals surface area (Å²) in [6.07, 6.45) is 4.92. The SMILES string of the molecule is C#C[C@H](CC(=O)Nc1ccccc1C)N(C)C(=O)OC(C)(C)C. The van der Waals surface area contributed by atoms with Crippen LogP contribution in [0, 0.1) is 19.3 Å². The van der Waals surface area contributed by atoms with Crippen LogP contribution in [-0.4, -0.2) is 35.6 Å². The Morgan fingerprint density at radius 1 is 1.35 bits per heavy atom. The predicted octanol–water partition coefficient (Wildman–Crippen LogP) is 3.19. The van der Waals surface area contributed by atoms with Gasteiger partial charge in [0.2, 0.25) is 5.91 Å². The fourth-order valence-electron chi connectivity index (χ4n) is 1.86. The second-order valence-electron chi connectivity index (χ2n) is 6.34. The van der Waals surface area contributed by atoms with E-state index in [2.05, 4.69) is 11.2 Å². The molecule has 124 valence electrons. The van der Waals surface area contributed by atoms with Crippen molar-refractivity contribution in [3.8, 4) is 12.3 Å². The molecule has 2 amide bonds. The van der Waals surface area contributed by atoms with E-state index in [1.165, 1.54) is 11.9 Å². The molecule has 0 unspecified atom stereocenters. The summed E-state index contributed by atoms with van der Waals surface area (Å²) in [5.41, 5.74) is 1.07. The summed E-state index contributed by atoms with van der Waals surface area (Å²) >= 11 is 0. The Kier molecular flexibility index (Phi) is 6.20. The van der Waals surface area contributed by atoms with Crippen LogP contribution >= 0.6 is 0 Å². The molecule has 1 aromatic carbocycles. The highest BCUT2D eigenvalue weighted by Gasteiger charge is 2.25. The minimum Gasteiger partial charge on any atom is -0.444 e. The molecule has 1 rings (SSSR count). The summed E-state index contributed by atoms with van der Waals surface area (Å²) in [6, 6.07) is 6.78. The highest BCUT2D eigenvalue weighted by atomic mass is 16.6. The Hall–Kier alpha value is -2.48. The Morgan fingerprint density at radius 3 is 2.48 bits per heavy atom. The molecule has 1 aromatic rings. The molecular weight excluding hydrogens is 292 g/mol. The molecule has 5 nitrogen and oxygen atoms in total. The van der Waals surface area contributed by atoms with Gasteiger partial charge in [0.05, 0.1) is 6.42 Å². The van der Waals surface area contributed by atoms with Gasteiger partial charge in [0.1, 0.15) is 11.6 Å². The molecule has 0 aliphatic carbocycles. The van der Waals surface area contributed by atoms with Crippen molar-refractivity contribution in [3.63, 3.8) is 0 Å². The Balaban J connectivity index is 2.69. The van der Waals surface area contributed by atoms with Crippen LogP contribution in [0.25, 0.3) is 0 Å². The van der Waals surface area contributed by atoms with Crippen LogP contribution in [0.2, 0.25) is 0 Å². The lowest BCUT2D eigenvalue weighted by Crippen LogP contribution is -2.41. The summed E-state index contributed by atoms with van der Waals surface area (Å²) in [5.74, 6) is 2.21. The molecule has 23 heavy (non-hydrogen) atoms. The first kappa shape index (κ1) is 18.6. The smallest absolute Gasteiger partial charge is 0.411 e. The molecule has 0 fully saturated rings. The predicted molar refractivity (Wildman–Crippen MR) is 91.0 cm³/mol. The van der Waals surface area contributed by atoms with E-state index in [0.29, 0.717) is 0 Å². The minimum atomic E-state index is -0.672. The van der Waals surface area contributed by atoms with Crippen molar-refractivity contribution in [1.82, 2.24) is 4.90 Å². The van der Waals surface area contributed by atoms with E-state index in [1.807, 2.05) is 31.2 Å². The molecule has 1 N–H and O–H groups in total. The van der Waals surface area contributed by atoms with Gasteiger partial charge in [0, 0.05) is 12.7 Å². The first-order chi connectivity index (χ1) is 10.6. The van der Waals surface area contributed by atoms with E-state index < -0.39 is 17.7 Å². The Morgan fingerprint density at radius 2 is 1.96 bits per heavy atom. The van der Waals surface area contributed by atoms with E-state index >= 15 is 0 Å². The third-order valence-corrected chi connectivity index (χ3v) is 3.14. The van der Waals surface area contributed by atoms with Crippen molar-refractivity contribution >= 4 is 17.7 Å². The molecule has 0 saturated heterocycles. The van der Waals surface area contributed by atoms with Crippen LogP contribution in [0.5, 0.6) is 0 Å². The van der Waals surface area contributed by atoms with Gasteiger partial charge in [-0.05, 0) is 39.3 Å². The lowest BCUT2D eigenvalue weighted by Gasteiger charge is -2.27. The number of benzene rings is 1. The second-order valence-corrected chi connectivity index (χ2v) is 6.34. The summed E-state index contributed by atoms with van der Waals surface area (Å²) in [6.45, 7) is 7.22. The number of anilines is 1. The molecule has 0 radical (unpaired) electrons. The van der Waals surface area contributed by atoms with Gasteiger partial charge in [0.25, 0.3) is 0 Å². The first-order valence-electron chi connectivity index (χ1n) is 7.41. The maximum atomic E-state index is 12.2. The van der Waals surface area contributed by atoms with Crippen molar-refractivity contribution in [1.29, 1.82) is 0 Å². The number of carbonyl (C=O) groups excluding carboxylic acids is 2. The molecule has 0 aromatic heterocycles. The first-order valence-corrected chi connectivity index (χ1v) is 7.41. The fraction of sp³-hybridized carbons (Fsp3) is 0.444. The van der Waals surface area contributed by atoms with Crippen molar-refractivity contribution in [2.45, 2.75) is 45.8 Å². The maximum Gasteiger partial charge on any atom is 0.411 e. The van der Waals surface area contributed by atoms with Crippen molar-refractivity contribution in [2.24, 2.45) is 0 Å². The molecule has 5 heteroatoms. The van der Waals surface area contributed by atoms with Gasteiger partial charge in [-0.15, -0.1) is 6.42 Å². The topological polar surface area (TPSA) is 58.6 Å². The number of aryl methyl sites for hydroxylation is 1. The van der Waals surface area contributed by atoms with E-state index in [9.17, 15) is 9.59 Å². The fourth-order valence-corrected chi connectivity index (χ4v) is 1.86. The quantitative estimate of drug-likeness (QED) is 0.868. The molecular formula is C18H24N2O3. The second kappa shape index (κ2) is 7.68. The molecule has 0 bridgehead atoms. The van der Waals surface area contributed by atoms with Gasteiger partial charge in [-0.25, -0.2) is 4.79 Å².